The number of nitrogens with zero attached hydrogens (tertiary/aromatic N) is 3. The number of benzene rings is 1. The van der Waals surface area contributed by atoms with Gasteiger partial charge in [0.2, 0.25) is 0 Å². The van der Waals surface area contributed by atoms with E-state index in [2.05, 4.69) is 33.2 Å². The van der Waals surface area contributed by atoms with E-state index in [1.165, 1.54) is 0 Å². The van der Waals surface area contributed by atoms with E-state index < -0.39 is 0 Å². The van der Waals surface area contributed by atoms with Crippen molar-refractivity contribution in [3.8, 4) is 11.5 Å². The number of nitrogens with one attached hydrogen (secondary N) is 1. The normalized spacial score (nSPS) is 15.0. The molecule has 1 aromatic carbocycles. The minimum Gasteiger partial charge on any atom is -0.497 e. The van der Waals surface area contributed by atoms with Crippen molar-refractivity contribution < 1.29 is 9.47 Å². The van der Waals surface area contributed by atoms with Crippen LogP contribution >= 0.6 is 0 Å². The Bertz CT molecular complexity index is 720. The molecule has 140 valence electrons. The van der Waals surface area contributed by atoms with Gasteiger partial charge in [-0.2, -0.15) is 0 Å². The summed E-state index contributed by atoms with van der Waals surface area (Å²) < 4.78 is 10.7. The average molecular weight is 356 g/mol. The Morgan fingerprint density at radius 3 is 2.27 bits per heavy atom. The van der Waals surface area contributed by atoms with Crippen molar-refractivity contribution in [2.45, 2.75) is 39.2 Å². The summed E-state index contributed by atoms with van der Waals surface area (Å²) in [4.78, 5) is 11.5. The smallest absolute Gasteiger partial charge is 0.132 e. The predicted molar refractivity (Wildman–Crippen MR) is 105 cm³/mol. The minimum atomic E-state index is 0.427. The van der Waals surface area contributed by atoms with Gasteiger partial charge in [-0.25, -0.2) is 9.97 Å². The van der Waals surface area contributed by atoms with Crippen LogP contribution in [0.15, 0.2) is 24.3 Å². The SMILES string of the molecule is CCc1cc(N2CCC(Nc3cc(OC)cc(OC)c3)CC2)nc(C)n1. The van der Waals surface area contributed by atoms with Gasteiger partial charge in [-0.3, -0.25) is 0 Å². The lowest BCUT2D eigenvalue weighted by molar-refractivity contribution is 0.394. The lowest BCUT2D eigenvalue weighted by Crippen LogP contribution is -2.39. The zero-order valence-corrected chi connectivity index (χ0v) is 16.1. The van der Waals surface area contributed by atoms with Gasteiger partial charge in [0.1, 0.15) is 23.1 Å². The van der Waals surface area contributed by atoms with Crippen LogP contribution in [0.5, 0.6) is 11.5 Å². The molecule has 1 aliphatic rings. The molecular formula is C20H28N4O2. The largest absolute Gasteiger partial charge is 0.497 e. The molecule has 1 aliphatic heterocycles. The van der Waals surface area contributed by atoms with Crippen molar-refractivity contribution in [1.29, 1.82) is 0 Å². The lowest BCUT2D eigenvalue weighted by Gasteiger charge is -2.34. The van der Waals surface area contributed by atoms with Gasteiger partial charge in [0.15, 0.2) is 0 Å². The highest BCUT2D eigenvalue weighted by Gasteiger charge is 2.21. The van der Waals surface area contributed by atoms with Gasteiger partial charge in [-0.05, 0) is 26.2 Å². The number of aryl methyl sites for hydroxylation is 2. The molecule has 1 saturated heterocycles. The molecule has 0 atom stereocenters. The van der Waals surface area contributed by atoms with Crippen LogP contribution in [0.4, 0.5) is 11.5 Å². The molecule has 3 rings (SSSR count). The molecular weight excluding hydrogens is 328 g/mol. The van der Waals surface area contributed by atoms with Gasteiger partial charge in [-0.15, -0.1) is 0 Å². The van der Waals surface area contributed by atoms with Crippen LogP contribution in [-0.4, -0.2) is 43.3 Å². The highest BCUT2D eigenvalue weighted by Crippen LogP contribution is 2.28. The second-order valence-corrected chi connectivity index (χ2v) is 6.63. The zero-order chi connectivity index (χ0) is 18.5. The highest BCUT2D eigenvalue weighted by atomic mass is 16.5. The summed E-state index contributed by atoms with van der Waals surface area (Å²) in [7, 11) is 3.34. The van der Waals surface area contributed by atoms with E-state index in [-0.39, 0.29) is 0 Å². The van der Waals surface area contributed by atoms with Gasteiger partial charge in [0.25, 0.3) is 0 Å². The summed E-state index contributed by atoms with van der Waals surface area (Å²) >= 11 is 0. The zero-order valence-electron chi connectivity index (χ0n) is 16.1. The first-order valence-corrected chi connectivity index (χ1v) is 9.20. The van der Waals surface area contributed by atoms with Crippen molar-refractivity contribution in [1.82, 2.24) is 9.97 Å². The number of hydrogen-bond donors (Lipinski definition) is 1. The van der Waals surface area contributed by atoms with Crippen LogP contribution in [0.2, 0.25) is 0 Å². The van der Waals surface area contributed by atoms with E-state index in [9.17, 15) is 0 Å². The average Bonchev–Trinajstić information content (AvgIpc) is 2.67. The maximum absolute atomic E-state index is 5.35. The fourth-order valence-corrected chi connectivity index (χ4v) is 3.33. The Hall–Kier alpha value is -2.50. The molecule has 6 nitrogen and oxygen atoms in total. The summed E-state index contributed by atoms with van der Waals surface area (Å²) in [6, 6.07) is 8.45. The molecule has 26 heavy (non-hydrogen) atoms. The van der Waals surface area contributed by atoms with Gasteiger partial charge < -0.3 is 19.7 Å². The van der Waals surface area contributed by atoms with Crippen molar-refractivity contribution in [2.75, 3.05) is 37.5 Å². The molecule has 1 aromatic heterocycles. The first-order valence-electron chi connectivity index (χ1n) is 9.20. The quantitative estimate of drug-likeness (QED) is 0.855. The maximum atomic E-state index is 5.35. The lowest BCUT2D eigenvalue weighted by atomic mass is 10.0. The van der Waals surface area contributed by atoms with Gasteiger partial charge in [0, 0.05) is 54.8 Å². The summed E-state index contributed by atoms with van der Waals surface area (Å²) in [6.07, 6.45) is 3.06. The summed E-state index contributed by atoms with van der Waals surface area (Å²) in [6.45, 7) is 6.06. The Balaban J connectivity index is 1.63. The van der Waals surface area contributed by atoms with Crippen LogP contribution in [-0.2, 0) is 6.42 Å². The molecule has 2 heterocycles. The van der Waals surface area contributed by atoms with E-state index in [1.54, 1.807) is 14.2 Å². The van der Waals surface area contributed by atoms with E-state index in [4.69, 9.17) is 9.47 Å². The Labute approximate surface area is 155 Å². The molecule has 0 spiro atoms. The van der Waals surface area contributed by atoms with Crippen molar-refractivity contribution in [3.63, 3.8) is 0 Å². The number of rotatable bonds is 6. The van der Waals surface area contributed by atoms with Gasteiger partial charge >= 0.3 is 0 Å². The number of ether oxygens (including phenoxy) is 2. The second kappa shape index (κ2) is 8.25. The summed E-state index contributed by atoms with van der Waals surface area (Å²) in [5.41, 5.74) is 2.14. The number of hydrogen-bond acceptors (Lipinski definition) is 6. The summed E-state index contributed by atoms with van der Waals surface area (Å²) in [5, 5.41) is 3.62. The molecule has 0 aliphatic carbocycles. The van der Waals surface area contributed by atoms with Crippen LogP contribution in [0, 0.1) is 6.92 Å². The topological polar surface area (TPSA) is 59.5 Å². The third-order valence-electron chi connectivity index (χ3n) is 4.78. The highest BCUT2D eigenvalue weighted by molar-refractivity contribution is 5.54. The van der Waals surface area contributed by atoms with Crippen LogP contribution in [0.25, 0.3) is 0 Å². The summed E-state index contributed by atoms with van der Waals surface area (Å²) in [5.74, 6) is 3.50. The third-order valence-corrected chi connectivity index (χ3v) is 4.78. The first kappa shape index (κ1) is 18.3. The second-order valence-electron chi connectivity index (χ2n) is 6.63. The van der Waals surface area contributed by atoms with E-state index in [0.29, 0.717) is 6.04 Å². The molecule has 0 radical (unpaired) electrons. The molecule has 2 aromatic rings. The van der Waals surface area contributed by atoms with E-state index in [0.717, 1.165) is 66.9 Å². The minimum absolute atomic E-state index is 0.427. The third kappa shape index (κ3) is 4.36. The van der Waals surface area contributed by atoms with E-state index in [1.807, 2.05) is 25.1 Å². The first-order chi connectivity index (χ1) is 12.6. The van der Waals surface area contributed by atoms with Crippen molar-refractivity contribution in [2.24, 2.45) is 0 Å². The Kier molecular flexibility index (Phi) is 5.81. The monoisotopic (exact) mass is 356 g/mol. The number of aromatic nitrogens is 2. The van der Waals surface area contributed by atoms with Crippen LogP contribution in [0.3, 0.4) is 0 Å². The fourth-order valence-electron chi connectivity index (χ4n) is 3.33. The molecule has 0 bridgehead atoms. The maximum Gasteiger partial charge on any atom is 0.132 e. The molecule has 0 unspecified atom stereocenters. The Morgan fingerprint density at radius 2 is 1.69 bits per heavy atom. The predicted octanol–water partition coefficient (Wildman–Crippen LogP) is 3.45. The number of methoxy groups -OCH3 is 2. The Morgan fingerprint density at radius 1 is 1.04 bits per heavy atom. The van der Waals surface area contributed by atoms with Gasteiger partial charge in [0.05, 0.1) is 14.2 Å². The number of anilines is 2. The molecule has 0 amide bonds. The molecule has 0 saturated carbocycles. The fraction of sp³-hybridized carbons (Fsp3) is 0.500. The molecule has 1 N–H and O–H groups in total. The van der Waals surface area contributed by atoms with E-state index >= 15 is 0 Å². The number of piperidine rings is 1. The van der Waals surface area contributed by atoms with Crippen molar-refractivity contribution >= 4 is 11.5 Å². The van der Waals surface area contributed by atoms with Crippen LogP contribution < -0.4 is 19.7 Å². The van der Waals surface area contributed by atoms with Gasteiger partial charge in [-0.1, -0.05) is 6.92 Å². The van der Waals surface area contributed by atoms with Crippen LogP contribution in [0.1, 0.15) is 31.3 Å². The standard InChI is InChI=1S/C20H28N4O2/c1-5-15-12-20(22-14(2)21-15)24-8-6-16(7-9-24)23-17-10-18(25-3)13-19(11-17)26-4/h10-13,16,23H,5-9H2,1-4H3. The van der Waals surface area contributed by atoms with Crippen molar-refractivity contribution in [3.05, 3.63) is 35.8 Å². The molecule has 1 fully saturated rings. The molecule has 6 heteroatoms.